The molecule has 0 aliphatic carbocycles. The standard InChI is InChI=1S/C24H26N2O4S/c1-3-16-26(18-19-10-5-4-6-11-19)24(27)20-12-9-13-21(17-20)31(28,29)25-22-14-7-8-15-23(22)30-2/h4-15,17,25H,3,16,18H2,1-2H3. The summed E-state index contributed by atoms with van der Waals surface area (Å²) in [5.41, 5.74) is 1.68. The quantitative estimate of drug-likeness (QED) is 0.532. The van der Waals surface area contributed by atoms with Crippen molar-refractivity contribution < 1.29 is 17.9 Å². The van der Waals surface area contributed by atoms with Crippen LogP contribution in [0.4, 0.5) is 5.69 Å². The molecule has 0 radical (unpaired) electrons. The van der Waals surface area contributed by atoms with Gasteiger partial charge in [-0.3, -0.25) is 9.52 Å². The zero-order valence-corrected chi connectivity index (χ0v) is 18.4. The van der Waals surface area contributed by atoms with Gasteiger partial charge in [-0.05, 0) is 42.3 Å². The van der Waals surface area contributed by atoms with Crippen LogP contribution in [0.25, 0.3) is 0 Å². The maximum Gasteiger partial charge on any atom is 0.262 e. The second kappa shape index (κ2) is 10.1. The number of para-hydroxylation sites is 2. The average molecular weight is 439 g/mol. The van der Waals surface area contributed by atoms with Gasteiger partial charge in [0.25, 0.3) is 15.9 Å². The summed E-state index contributed by atoms with van der Waals surface area (Å²) in [7, 11) is -2.43. The highest BCUT2D eigenvalue weighted by Gasteiger charge is 2.21. The van der Waals surface area contributed by atoms with E-state index in [1.807, 2.05) is 37.3 Å². The number of ether oxygens (including phenoxy) is 1. The first-order chi connectivity index (χ1) is 14.9. The maximum atomic E-state index is 13.2. The van der Waals surface area contributed by atoms with E-state index in [0.29, 0.717) is 30.1 Å². The molecular weight excluding hydrogens is 412 g/mol. The fourth-order valence-electron chi connectivity index (χ4n) is 3.24. The van der Waals surface area contributed by atoms with E-state index in [-0.39, 0.29) is 10.8 Å². The van der Waals surface area contributed by atoms with E-state index >= 15 is 0 Å². The van der Waals surface area contributed by atoms with Crippen molar-refractivity contribution in [3.63, 3.8) is 0 Å². The third-order valence-corrected chi connectivity index (χ3v) is 6.10. The van der Waals surface area contributed by atoms with E-state index in [1.165, 1.54) is 19.2 Å². The molecule has 0 aromatic heterocycles. The highest BCUT2D eigenvalue weighted by molar-refractivity contribution is 7.92. The molecule has 0 unspecified atom stereocenters. The van der Waals surface area contributed by atoms with Gasteiger partial charge in [-0.15, -0.1) is 0 Å². The van der Waals surface area contributed by atoms with E-state index < -0.39 is 10.0 Å². The summed E-state index contributed by atoms with van der Waals surface area (Å²) in [6.07, 6.45) is 0.798. The topological polar surface area (TPSA) is 75.7 Å². The van der Waals surface area contributed by atoms with Crippen LogP contribution in [0.15, 0.2) is 83.8 Å². The van der Waals surface area contributed by atoms with Crippen LogP contribution in [0.2, 0.25) is 0 Å². The number of sulfonamides is 1. The van der Waals surface area contributed by atoms with Gasteiger partial charge in [0.05, 0.1) is 17.7 Å². The molecule has 31 heavy (non-hydrogen) atoms. The predicted octanol–water partition coefficient (Wildman–Crippen LogP) is 4.55. The Hall–Kier alpha value is -3.32. The summed E-state index contributed by atoms with van der Waals surface area (Å²) in [4.78, 5) is 14.9. The lowest BCUT2D eigenvalue weighted by Gasteiger charge is -2.22. The molecule has 1 amide bonds. The smallest absolute Gasteiger partial charge is 0.262 e. The van der Waals surface area contributed by atoms with Crippen molar-refractivity contribution in [2.24, 2.45) is 0 Å². The predicted molar refractivity (Wildman–Crippen MR) is 122 cm³/mol. The monoisotopic (exact) mass is 438 g/mol. The molecule has 0 aliphatic heterocycles. The van der Waals surface area contributed by atoms with Crippen LogP contribution in [-0.4, -0.2) is 32.9 Å². The number of hydrogen-bond donors (Lipinski definition) is 1. The van der Waals surface area contributed by atoms with Crippen LogP contribution < -0.4 is 9.46 Å². The van der Waals surface area contributed by atoms with Gasteiger partial charge in [-0.1, -0.05) is 55.5 Å². The first kappa shape index (κ1) is 22.4. The number of rotatable bonds is 9. The Morgan fingerprint density at radius 1 is 0.968 bits per heavy atom. The Balaban J connectivity index is 1.86. The fraction of sp³-hybridized carbons (Fsp3) is 0.208. The number of benzene rings is 3. The van der Waals surface area contributed by atoms with E-state index in [9.17, 15) is 13.2 Å². The van der Waals surface area contributed by atoms with Crippen molar-refractivity contribution in [3.05, 3.63) is 90.0 Å². The molecule has 0 aliphatic rings. The third kappa shape index (κ3) is 5.64. The molecule has 7 heteroatoms. The molecule has 0 saturated heterocycles. The van der Waals surface area contributed by atoms with Crippen LogP contribution in [0.5, 0.6) is 5.75 Å². The summed E-state index contributed by atoms with van der Waals surface area (Å²) >= 11 is 0. The summed E-state index contributed by atoms with van der Waals surface area (Å²) in [5, 5.41) is 0. The summed E-state index contributed by atoms with van der Waals surface area (Å²) < 4.78 is 33.6. The van der Waals surface area contributed by atoms with Crippen molar-refractivity contribution in [2.45, 2.75) is 24.8 Å². The lowest BCUT2D eigenvalue weighted by molar-refractivity contribution is 0.0743. The highest BCUT2D eigenvalue weighted by atomic mass is 32.2. The Labute approximate surface area is 183 Å². The Bertz CT molecular complexity index is 1130. The first-order valence-corrected chi connectivity index (χ1v) is 11.5. The van der Waals surface area contributed by atoms with Gasteiger partial charge in [0.2, 0.25) is 0 Å². The normalized spacial score (nSPS) is 11.0. The third-order valence-electron chi connectivity index (χ3n) is 4.74. The average Bonchev–Trinajstić information content (AvgIpc) is 2.79. The van der Waals surface area contributed by atoms with Gasteiger partial charge >= 0.3 is 0 Å². The van der Waals surface area contributed by atoms with Crippen LogP contribution in [0.3, 0.4) is 0 Å². The minimum absolute atomic E-state index is 0.0143. The number of hydrogen-bond acceptors (Lipinski definition) is 4. The molecule has 0 spiro atoms. The number of anilines is 1. The van der Waals surface area contributed by atoms with Crippen LogP contribution >= 0.6 is 0 Å². The van der Waals surface area contributed by atoms with Crippen molar-refractivity contribution in [1.82, 2.24) is 4.90 Å². The lowest BCUT2D eigenvalue weighted by atomic mass is 10.1. The molecule has 0 heterocycles. The van der Waals surface area contributed by atoms with Crippen molar-refractivity contribution >= 4 is 21.6 Å². The van der Waals surface area contributed by atoms with Crippen LogP contribution in [0, 0.1) is 0 Å². The molecule has 3 aromatic carbocycles. The van der Waals surface area contributed by atoms with Gasteiger partial charge in [-0.2, -0.15) is 0 Å². The molecule has 0 saturated carbocycles. The number of nitrogens with one attached hydrogen (secondary N) is 1. The van der Waals surface area contributed by atoms with Crippen LogP contribution in [-0.2, 0) is 16.6 Å². The maximum absolute atomic E-state index is 13.2. The van der Waals surface area contributed by atoms with Crippen LogP contribution in [0.1, 0.15) is 29.3 Å². The van der Waals surface area contributed by atoms with Gasteiger partial charge in [0, 0.05) is 18.7 Å². The second-order valence-electron chi connectivity index (χ2n) is 7.05. The molecule has 3 aromatic rings. The van der Waals surface area contributed by atoms with Crippen molar-refractivity contribution in [2.75, 3.05) is 18.4 Å². The lowest BCUT2D eigenvalue weighted by Crippen LogP contribution is -2.31. The van der Waals surface area contributed by atoms with E-state index in [2.05, 4.69) is 4.72 Å². The number of carbonyl (C=O) groups excluding carboxylic acids is 1. The largest absolute Gasteiger partial charge is 0.495 e. The van der Waals surface area contributed by atoms with Crippen molar-refractivity contribution in [1.29, 1.82) is 0 Å². The zero-order chi connectivity index (χ0) is 22.3. The van der Waals surface area contributed by atoms with E-state index in [1.54, 1.807) is 41.3 Å². The molecule has 1 N–H and O–H groups in total. The molecule has 0 atom stereocenters. The number of carbonyl (C=O) groups is 1. The molecule has 3 rings (SSSR count). The number of amides is 1. The number of nitrogens with zero attached hydrogens (tertiary/aromatic N) is 1. The Morgan fingerprint density at radius 2 is 1.68 bits per heavy atom. The first-order valence-electron chi connectivity index (χ1n) is 10.0. The Kier molecular flexibility index (Phi) is 7.31. The van der Waals surface area contributed by atoms with Gasteiger partial charge < -0.3 is 9.64 Å². The molecule has 6 nitrogen and oxygen atoms in total. The summed E-state index contributed by atoms with van der Waals surface area (Å²) in [6, 6.07) is 22.6. The SMILES string of the molecule is CCCN(Cc1ccccc1)C(=O)c1cccc(S(=O)(=O)Nc2ccccc2OC)c1. The molecule has 0 fully saturated rings. The molecule has 0 bridgehead atoms. The minimum atomic E-state index is -3.90. The van der Waals surface area contributed by atoms with Gasteiger partial charge in [0.1, 0.15) is 5.75 Å². The van der Waals surface area contributed by atoms with Gasteiger partial charge in [0.15, 0.2) is 0 Å². The van der Waals surface area contributed by atoms with Gasteiger partial charge in [-0.25, -0.2) is 8.42 Å². The highest BCUT2D eigenvalue weighted by Crippen LogP contribution is 2.26. The summed E-state index contributed by atoms with van der Waals surface area (Å²) in [6.45, 7) is 3.04. The van der Waals surface area contributed by atoms with E-state index in [4.69, 9.17) is 4.74 Å². The minimum Gasteiger partial charge on any atom is -0.495 e. The number of methoxy groups -OCH3 is 1. The van der Waals surface area contributed by atoms with Crippen molar-refractivity contribution in [3.8, 4) is 5.75 Å². The molecule has 162 valence electrons. The fourth-order valence-corrected chi connectivity index (χ4v) is 4.35. The second-order valence-corrected chi connectivity index (χ2v) is 8.73. The zero-order valence-electron chi connectivity index (χ0n) is 17.6. The summed E-state index contributed by atoms with van der Waals surface area (Å²) in [5.74, 6) is 0.204. The van der Waals surface area contributed by atoms with E-state index in [0.717, 1.165) is 12.0 Å². The molecular formula is C24H26N2O4S. The Morgan fingerprint density at radius 3 is 2.39 bits per heavy atom.